The second-order valence-electron chi connectivity index (χ2n) is 8.37. The first kappa shape index (κ1) is 26.1. The van der Waals surface area contributed by atoms with Gasteiger partial charge in [-0.15, -0.1) is 11.3 Å². The number of esters is 2. The first-order chi connectivity index (χ1) is 16.4. The van der Waals surface area contributed by atoms with Crippen molar-refractivity contribution in [2.24, 2.45) is 5.92 Å². The van der Waals surface area contributed by atoms with Gasteiger partial charge < -0.3 is 25.0 Å². The van der Waals surface area contributed by atoms with Crippen LogP contribution in [0.4, 0.5) is 10.7 Å². The molecule has 184 valence electrons. The van der Waals surface area contributed by atoms with Crippen LogP contribution in [0.2, 0.25) is 0 Å². The highest BCUT2D eigenvalue weighted by Gasteiger charge is 2.28. The fourth-order valence-corrected chi connectivity index (χ4v) is 5.69. The summed E-state index contributed by atoms with van der Waals surface area (Å²) < 4.78 is 10.4. The largest absolute Gasteiger partial charge is 0.465 e. The van der Waals surface area contributed by atoms with Crippen molar-refractivity contribution in [1.82, 2.24) is 4.90 Å². The van der Waals surface area contributed by atoms with Crippen molar-refractivity contribution in [1.29, 1.82) is 0 Å². The monoisotopic (exact) mass is 503 g/mol. The lowest BCUT2D eigenvalue weighted by Gasteiger charge is -2.18. The van der Waals surface area contributed by atoms with Crippen molar-refractivity contribution in [2.45, 2.75) is 40.0 Å². The number of nitrogens with one attached hydrogen (secondary N) is 2. The van der Waals surface area contributed by atoms with Crippen molar-refractivity contribution in [3.05, 3.63) is 45.8 Å². The number of anilines is 2. The molecule has 0 fully saturated rings. The average molecular weight is 504 g/mol. The molecule has 0 aliphatic heterocycles. The van der Waals surface area contributed by atoms with Gasteiger partial charge in [-0.1, -0.05) is 20.8 Å². The maximum absolute atomic E-state index is 12.5. The molecule has 1 aliphatic carbocycles. The molecular weight excluding hydrogens is 470 g/mol. The number of methoxy groups -OCH3 is 1. The van der Waals surface area contributed by atoms with E-state index >= 15 is 0 Å². The highest BCUT2D eigenvalue weighted by Crippen LogP contribution is 2.40. The van der Waals surface area contributed by atoms with Crippen molar-refractivity contribution in [3.63, 3.8) is 0 Å². The number of ether oxygens (including phenoxy) is 2. The number of hydrogen-bond acceptors (Lipinski definition) is 7. The van der Waals surface area contributed by atoms with Crippen LogP contribution in [-0.4, -0.2) is 55.3 Å². The number of thiophene rings is 1. The van der Waals surface area contributed by atoms with Crippen molar-refractivity contribution in [3.8, 4) is 0 Å². The van der Waals surface area contributed by atoms with Crippen LogP contribution in [0.15, 0.2) is 24.3 Å². The molecule has 0 bridgehead atoms. The lowest BCUT2D eigenvalue weighted by molar-refractivity contribution is 0.0466. The normalized spacial score (nSPS) is 14.9. The molecule has 0 amide bonds. The molecule has 1 atom stereocenters. The SMILES string of the molecule is CCN(CC)CCOC(=O)c1ccc(NC(=S)Nc2sc3c(c2C(=O)OC)CCC(C)C3)cc1. The molecule has 2 aromatic rings. The quantitative estimate of drug-likeness (QED) is 0.367. The van der Waals surface area contributed by atoms with Gasteiger partial charge in [0.1, 0.15) is 11.6 Å². The van der Waals surface area contributed by atoms with Gasteiger partial charge in [-0.05, 0) is 80.3 Å². The summed E-state index contributed by atoms with van der Waals surface area (Å²) in [6.07, 6.45) is 2.88. The second-order valence-corrected chi connectivity index (χ2v) is 9.88. The Morgan fingerprint density at radius 1 is 1.15 bits per heavy atom. The predicted molar refractivity (Wildman–Crippen MR) is 141 cm³/mol. The van der Waals surface area contributed by atoms with Gasteiger partial charge in [0, 0.05) is 17.1 Å². The molecule has 1 aliphatic rings. The smallest absolute Gasteiger partial charge is 0.341 e. The van der Waals surface area contributed by atoms with Gasteiger partial charge in [0.05, 0.1) is 18.2 Å². The lowest BCUT2D eigenvalue weighted by Crippen LogP contribution is -2.27. The maximum Gasteiger partial charge on any atom is 0.341 e. The molecule has 9 heteroatoms. The Bertz CT molecular complexity index is 1020. The second kappa shape index (κ2) is 12.3. The van der Waals surface area contributed by atoms with E-state index in [-0.39, 0.29) is 11.9 Å². The van der Waals surface area contributed by atoms with Crippen LogP contribution in [0.5, 0.6) is 0 Å². The first-order valence-corrected chi connectivity index (χ1v) is 12.9. The number of nitrogens with zero attached hydrogens (tertiary/aromatic N) is 1. The fraction of sp³-hybridized carbons (Fsp3) is 0.480. The van der Waals surface area contributed by atoms with Gasteiger partial charge in [0.2, 0.25) is 0 Å². The van der Waals surface area contributed by atoms with E-state index in [1.807, 2.05) is 0 Å². The first-order valence-electron chi connectivity index (χ1n) is 11.7. The zero-order valence-corrected chi connectivity index (χ0v) is 21.9. The average Bonchev–Trinajstić information content (AvgIpc) is 3.18. The number of carbonyl (C=O) groups is 2. The number of benzene rings is 1. The van der Waals surface area contributed by atoms with Crippen LogP contribution in [0.25, 0.3) is 0 Å². The molecule has 0 radical (unpaired) electrons. The molecule has 1 aromatic carbocycles. The Morgan fingerprint density at radius 3 is 2.50 bits per heavy atom. The van der Waals surface area contributed by atoms with E-state index in [4.69, 9.17) is 21.7 Å². The van der Waals surface area contributed by atoms with Crippen molar-refractivity contribution >= 4 is 51.3 Å². The predicted octanol–water partition coefficient (Wildman–Crippen LogP) is 4.97. The van der Waals surface area contributed by atoms with Crippen LogP contribution in [0.3, 0.4) is 0 Å². The molecule has 7 nitrogen and oxygen atoms in total. The van der Waals surface area contributed by atoms with E-state index in [2.05, 4.69) is 36.3 Å². The van der Waals surface area contributed by atoms with Crippen LogP contribution < -0.4 is 10.6 Å². The number of carbonyl (C=O) groups excluding carboxylic acids is 2. The van der Waals surface area contributed by atoms with Crippen LogP contribution in [-0.2, 0) is 22.3 Å². The summed E-state index contributed by atoms with van der Waals surface area (Å²) in [6.45, 7) is 9.33. The molecule has 34 heavy (non-hydrogen) atoms. The van der Waals surface area contributed by atoms with E-state index in [1.54, 1.807) is 35.6 Å². The topological polar surface area (TPSA) is 79.9 Å². The molecule has 0 saturated heterocycles. The number of thiocarbonyl (C=S) groups is 1. The van der Waals surface area contributed by atoms with E-state index < -0.39 is 0 Å². The lowest BCUT2D eigenvalue weighted by atomic mass is 9.88. The molecule has 0 spiro atoms. The zero-order valence-electron chi connectivity index (χ0n) is 20.2. The third-order valence-electron chi connectivity index (χ3n) is 6.04. The Labute approximate surface area is 210 Å². The van der Waals surface area contributed by atoms with Gasteiger partial charge in [0.25, 0.3) is 0 Å². The van der Waals surface area contributed by atoms with Gasteiger partial charge in [-0.2, -0.15) is 0 Å². The number of likely N-dealkylation sites (N-methyl/N-ethyl adjacent to an activating group) is 1. The minimum Gasteiger partial charge on any atom is -0.465 e. The number of fused-ring (bicyclic) bond motifs is 1. The Hall–Kier alpha value is -2.49. The molecule has 1 heterocycles. The summed E-state index contributed by atoms with van der Waals surface area (Å²) in [6, 6.07) is 6.96. The molecule has 1 aromatic heterocycles. The highest BCUT2D eigenvalue weighted by molar-refractivity contribution is 7.80. The summed E-state index contributed by atoms with van der Waals surface area (Å²) in [7, 11) is 1.40. The third-order valence-corrected chi connectivity index (χ3v) is 7.42. The zero-order chi connectivity index (χ0) is 24.7. The van der Waals surface area contributed by atoms with E-state index in [1.165, 1.54) is 12.0 Å². The molecule has 1 unspecified atom stereocenters. The van der Waals surface area contributed by atoms with Gasteiger partial charge in [-0.3, -0.25) is 0 Å². The Morgan fingerprint density at radius 2 is 1.85 bits per heavy atom. The molecule has 0 saturated carbocycles. The summed E-state index contributed by atoms with van der Waals surface area (Å²) >= 11 is 7.05. The van der Waals surface area contributed by atoms with Crippen LogP contribution >= 0.6 is 23.6 Å². The summed E-state index contributed by atoms with van der Waals surface area (Å²) in [5, 5.41) is 7.37. The van der Waals surface area contributed by atoms with Crippen molar-refractivity contribution in [2.75, 3.05) is 44.0 Å². The molecular formula is C25H33N3O4S2. The number of rotatable bonds is 9. The molecule has 3 rings (SSSR count). The van der Waals surface area contributed by atoms with Crippen LogP contribution in [0, 0.1) is 5.92 Å². The van der Waals surface area contributed by atoms with E-state index in [0.717, 1.165) is 50.1 Å². The van der Waals surface area contributed by atoms with Gasteiger partial charge in [0.15, 0.2) is 5.11 Å². The Balaban J connectivity index is 1.60. The molecule has 2 N–H and O–H groups in total. The standard InChI is InChI=1S/C25H33N3O4S2/c1-5-28(6-2)13-14-32-23(29)17-8-10-18(11-9-17)26-25(33)27-22-21(24(30)31-4)19-12-7-16(3)15-20(19)34-22/h8-11,16H,5-7,12-15H2,1-4H3,(H2,26,27,33). The summed E-state index contributed by atoms with van der Waals surface area (Å²) in [5.74, 6) is -0.0984. The summed E-state index contributed by atoms with van der Waals surface area (Å²) in [5.41, 5.74) is 2.87. The highest BCUT2D eigenvalue weighted by atomic mass is 32.1. The van der Waals surface area contributed by atoms with Gasteiger partial charge >= 0.3 is 11.9 Å². The Kier molecular flexibility index (Phi) is 9.44. The number of hydrogen-bond donors (Lipinski definition) is 2. The van der Waals surface area contributed by atoms with E-state index in [9.17, 15) is 9.59 Å². The minimum absolute atomic E-state index is 0.346. The van der Waals surface area contributed by atoms with Crippen molar-refractivity contribution < 1.29 is 19.1 Å². The van der Waals surface area contributed by atoms with Crippen LogP contribution in [0.1, 0.15) is 58.3 Å². The maximum atomic E-state index is 12.5. The fourth-order valence-electron chi connectivity index (χ4n) is 4.00. The van der Waals surface area contributed by atoms with E-state index in [0.29, 0.717) is 33.8 Å². The third kappa shape index (κ3) is 6.55. The summed E-state index contributed by atoms with van der Waals surface area (Å²) in [4.78, 5) is 28.2. The van der Waals surface area contributed by atoms with Gasteiger partial charge in [-0.25, -0.2) is 9.59 Å². The minimum atomic E-state index is -0.347.